The van der Waals surface area contributed by atoms with Crippen LogP contribution in [0, 0.1) is 11.3 Å². The Morgan fingerprint density at radius 1 is 1.00 bits per heavy atom. The van der Waals surface area contributed by atoms with Gasteiger partial charge in [0.15, 0.2) is 11.5 Å². The molecule has 1 heterocycles. The summed E-state index contributed by atoms with van der Waals surface area (Å²) in [5.74, 6) is 0.619. The fourth-order valence-corrected chi connectivity index (χ4v) is 3.73. The minimum atomic E-state index is 0.00538. The largest absolute Gasteiger partial charge is 0.504 e. The van der Waals surface area contributed by atoms with Crippen molar-refractivity contribution in [2.24, 2.45) is 0 Å². The number of aryl methyl sites for hydroxylation is 1. The molecule has 1 aromatic heterocycles. The van der Waals surface area contributed by atoms with E-state index in [4.69, 9.17) is 9.47 Å². The molecule has 4 rings (SSSR count). The number of phenolic OH excluding ortho intramolecular Hbond substituents is 1. The van der Waals surface area contributed by atoms with E-state index in [0.29, 0.717) is 22.4 Å². The van der Waals surface area contributed by atoms with Crippen LogP contribution in [0.2, 0.25) is 0 Å². The van der Waals surface area contributed by atoms with E-state index in [1.54, 1.807) is 18.2 Å². The van der Waals surface area contributed by atoms with Crippen LogP contribution in [0.4, 0.5) is 0 Å². The number of aromatic nitrogens is 1. The third-order valence-electron chi connectivity index (χ3n) is 4.98. The maximum atomic E-state index is 10.7. The molecule has 1 aliphatic rings. The van der Waals surface area contributed by atoms with Gasteiger partial charge in [-0.05, 0) is 30.0 Å². The molecular weight excluding hydrogens is 340 g/mol. The minimum Gasteiger partial charge on any atom is -0.504 e. The first-order valence-electron chi connectivity index (χ1n) is 8.65. The summed E-state index contributed by atoms with van der Waals surface area (Å²) in [4.78, 5) is 4.64. The van der Waals surface area contributed by atoms with Crippen molar-refractivity contribution in [2.45, 2.75) is 12.8 Å². The lowest BCUT2D eigenvalue weighted by Crippen LogP contribution is -2.10. The van der Waals surface area contributed by atoms with Crippen molar-refractivity contribution in [3.63, 3.8) is 0 Å². The molecule has 2 aromatic carbocycles. The number of methoxy groups -OCH3 is 2. The highest BCUT2D eigenvalue weighted by atomic mass is 16.5. The van der Waals surface area contributed by atoms with Gasteiger partial charge in [-0.25, -0.2) is 4.98 Å². The summed E-state index contributed by atoms with van der Waals surface area (Å²) >= 11 is 0. The molecule has 0 fully saturated rings. The van der Waals surface area contributed by atoms with Crippen LogP contribution in [-0.4, -0.2) is 24.3 Å². The topological polar surface area (TPSA) is 75.4 Å². The van der Waals surface area contributed by atoms with E-state index in [9.17, 15) is 10.4 Å². The molecule has 0 saturated carbocycles. The zero-order valence-electron chi connectivity index (χ0n) is 15.1. The summed E-state index contributed by atoms with van der Waals surface area (Å²) in [5.41, 5.74) is 5.50. The van der Waals surface area contributed by atoms with Gasteiger partial charge in [0.25, 0.3) is 0 Å². The molecule has 0 saturated heterocycles. The van der Waals surface area contributed by atoms with Gasteiger partial charge in [-0.15, -0.1) is 0 Å². The first-order valence-corrected chi connectivity index (χ1v) is 8.65. The summed E-state index contributed by atoms with van der Waals surface area (Å²) in [6.07, 6.45) is 1.57. The Morgan fingerprint density at radius 2 is 1.78 bits per heavy atom. The van der Waals surface area contributed by atoms with E-state index < -0.39 is 0 Å². The normalized spacial score (nSPS) is 11.9. The van der Waals surface area contributed by atoms with Gasteiger partial charge < -0.3 is 14.6 Å². The molecular formula is C22H18N2O3. The first kappa shape index (κ1) is 16.9. The number of hydrogen-bond donors (Lipinski definition) is 1. The van der Waals surface area contributed by atoms with Gasteiger partial charge >= 0.3 is 0 Å². The van der Waals surface area contributed by atoms with Crippen molar-refractivity contribution in [3.8, 4) is 45.8 Å². The number of nitriles is 1. The van der Waals surface area contributed by atoms with Crippen molar-refractivity contribution in [1.82, 2.24) is 4.98 Å². The zero-order chi connectivity index (χ0) is 19.0. The quantitative estimate of drug-likeness (QED) is 0.763. The number of benzene rings is 2. The fraction of sp³-hybridized carbons (Fsp3) is 0.182. The summed E-state index contributed by atoms with van der Waals surface area (Å²) in [6.45, 7) is 0. The lowest BCUT2D eigenvalue weighted by molar-refractivity contribution is 0.374. The van der Waals surface area contributed by atoms with Crippen LogP contribution in [-0.2, 0) is 12.8 Å². The number of ether oxygens (including phenoxy) is 2. The van der Waals surface area contributed by atoms with Crippen LogP contribution >= 0.6 is 0 Å². The summed E-state index contributed by atoms with van der Waals surface area (Å²) in [6, 6.07) is 15.6. The number of nitrogens with zero attached hydrogens (tertiary/aromatic N) is 2. The molecule has 5 heteroatoms. The van der Waals surface area contributed by atoms with Gasteiger partial charge in [0.05, 0.1) is 19.9 Å². The monoisotopic (exact) mass is 358 g/mol. The molecule has 0 radical (unpaired) electrons. The van der Waals surface area contributed by atoms with Crippen LogP contribution in [0.5, 0.6) is 17.4 Å². The smallest absolute Gasteiger partial charge is 0.232 e. The van der Waals surface area contributed by atoms with E-state index in [1.807, 2.05) is 18.2 Å². The number of rotatable bonds is 3. The molecule has 0 amide bonds. The van der Waals surface area contributed by atoms with Crippen LogP contribution in [0.3, 0.4) is 0 Å². The average Bonchev–Trinajstić information content (AvgIpc) is 2.72. The van der Waals surface area contributed by atoms with Gasteiger partial charge in [-0.2, -0.15) is 5.26 Å². The second-order valence-corrected chi connectivity index (χ2v) is 6.32. The molecule has 0 spiro atoms. The molecule has 0 aliphatic heterocycles. The Morgan fingerprint density at radius 3 is 2.52 bits per heavy atom. The van der Waals surface area contributed by atoms with Crippen LogP contribution in [0.25, 0.3) is 22.4 Å². The highest BCUT2D eigenvalue weighted by molar-refractivity contribution is 5.87. The molecule has 0 unspecified atom stereocenters. The Labute approximate surface area is 157 Å². The van der Waals surface area contributed by atoms with Crippen LogP contribution in [0.1, 0.15) is 16.7 Å². The van der Waals surface area contributed by atoms with E-state index in [0.717, 1.165) is 29.7 Å². The van der Waals surface area contributed by atoms with Crippen LogP contribution < -0.4 is 9.47 Å². The highest BCUT2D eigenvalue weighted by Gasteiger charge is 2.28. The number of aromatic hydroxyl groups is 1. The third-order valence-corrected chi connectivity index (χ3v) is 4.98. The van der Waals surface area contributed by atoms with E-state index in [2.05, 4.69) is 17.1 Å². The lowest BCUT2D eigenvalue weighted by atomic mass is 9.83. The van der Waals surface area contributed by atoms with Crippen molar-refractivity contribution in [1.29, 1.82) is 5.26 Å². The van der Waals surface area contributed by atoms with Crippen molar-refractivity contribution in [2.75, 3.05) is 14.2 Å². The Bertz CT molecular complexity index is 1080. The van der Waals surface area contributed by atoms with Crippen molar-refractivity contribution < 1.29 is 14.6 Å². The van der Waals surface area contributed by atoms with E-state index in [1.165, 1.54) is 19.8 Å². The predicted molar refractivity (Wildman–Crippen MR) is 102 cm³/mol. The predicted octanol–water partition coefficient (Wildman–Crippen LogP) is 4.11. The van der Waals surface area contributed by atoms with E-state index in [-0.39, 0.29) is 11.6 Å². The number of pyridine rings is 1. The highest BCUT2D eigenvalue weighted by Crippen LogP contribution is 2.46. The molecule has 134 valence electrons. The third kappa shape index (κ3) is 2.58. The van der Waals surface area contributed by atoms with Gasteiger partial charge in [-0.3, -0.25) is 0 Å². The van der Waals surface area contributed by atoms with Crippen molar-refractivity contribution in [3.05, 3.63) is 59.2 Å². The van der Waals surface area contributed by atoms with Crippen molar-refractivity contribution >= 4 is 0 Å². The number of hydrogen-bond acceptors (Lipinski definition) is 5. The number of phenols is 1. The second kappa shape index (κ2) is 6.65. The van der Waals surface area contributed by atoms with Gasteiger partial charge in [-0.1, -0.05) is 36.4 Å². The maximum Gasteiger partial charge on any atom is 0.232 e. The van der Waals surface area contributed by atoms with Crippen LogP contribution in [0.15, 0.2) is 42.5 Å². The molecule has 1 aliphatic carbocycles. The molecule has 3 aromatic rings. The SMILES string of the molecule is COc1cccc(-c2c(C#N)c(OC)nc3c2CCc2ccccc2-3)c1O. The van der Waals surface area contributed by atoms with Gasteiger partial charge in [0, 0.05) is 16.7 Å². The summed E-state index contributed by atoms with van der Waals surface area (Å²) < 4.78 is 10.7. The average molecular weight is 358 g/mol. The van der Waals surface area contributed by atoms with E-state index >= 15 is 0 Å². The molecule has 1 N–H and O–H groups in total. The standard InChI is InChI=1S/C22H18N2O3/c1-26-18-9-5-8-16(21(18)25)19-15-11-10-13-6-3-4-7-14(13)20(15)24-22(27-2)17(19)12-23/h3-9,25H,10-11H2,1-2H3. The maximum absolute atomic E-state index is 10.7. The Balaban J connectivity index is 2.10. The summed E-state index contributed by atoms with van der Waals surface area (Å²) in [7, 11) is 3.00. The molecule has 27 heavy (non-hydrogen) atoms. The fourth-order valence-electron chi connectivity index (χ4n) is 3.73. The molecule has 0 atom stereocenters. The first-order chi connectivity index (χ1) is 13.2. The number of para-hydroxylation sites is 1. The Kier molecular flexibility index (Phi) is 4.17. The van der Waals surface area contributed by atoms with Gasteiger partial charge in [0.1, 0.15) is 11.6 Å². The Hall–Kier alpha value is -3.52. The van der Waals surface area contributed by atoms with Gasteiger partial charge in [0.2, 0.25) is 5.88 Å². The molecule has 0 bridgehead atoms. The minimum absolute atomic E-state index is 0.00538. The molecule has 5 nitrogen and oxygen atoms in total. The summed E-state index contributed by atoms with van der Waals surface area (Å²) in [5, 5.41) is 20.6. The second-order valence-electron chi connectivity index (χ2n) is 6.32. The zero-order valence-corrected chi connectivity index (χ0v) is 15.1. The lowest BCUT2D eigenvalue weighted by Gasteiger charge is -2.24. The number of fused-ring (bicyclic) bond motifs is 3.